The number of methoxy groups -OCH3 is 1. The third-order valence-electron chi connectivity index (χ3n) is 5.06. The van der Waals surface area contributed by atoms with Crippen LogP contribution in [0.4, 0.5) is 11.5 Å². The zero-order valence-electron chi connectivity index (χ0n) is 17.1. The van der Waals surface area contributed by atoms with Crippen LogP contribution in [0.5, 0.6) is 5.75 Å². The summed E-state index contributed by atoms with van der Waals surface area (Å²) in [5, 5.41) is 12.3. The molecule has 0 saturated heterocycles. The smallest absolute Gasteiger partial charge is 0.234 e. The maximum atomic E-state index is 12.4. The van der Waals surface area contributed by atoms with Gasteiger partial charge in [-0.1, -0.05) is 42.1 Å². The second-order valence-electron chi connectivity index (χ2n) is 7.21. The van der Waals surface area contributed by atoms with Gasteiger partial charge in [0, 0.05) is 13.1 Å². The number of aromatic nitrogens is 2. The summed E-state index contributed by atoms with van der Waals surface area (Å²) in [5.74, 6) is 1.65. The minimum absolute atomic E-state index is 0.109. The van der Waals surface area contributed by atoms with Crippen LogP contribution < -0.4 is 15.0 Å². The van der Waals surface area contributed by atoms with E-state index in [4.69, 9.17) is 4.74 Å². The van der Waals surface area contributed by atoms with E-state index in [1.807, 2.05) is 37.3 Å². The number of nitrogens with one attached hydrogen (secondary N) is 1. The van der Waals surface area contributed by atoms with Crippen LogP contribution in [-0.4, -0.2) is 35.5 Å². The number of thioether (sulfide) groups is 1. The Morgan fingerprint density at radius 3 is 2.73 bits per heavy atom. The van der Waals surface area contributed by atoms with Crippen LogP contribution >= 0.6 is 11.8 Å². The van der Waals surface area contributed by atoms with E-state index in [0.717, 1.165) is 35.9 Å². The molecule has 2 aromatic carbocycles. The van der Waals surface area contributed by atoms with Gasteiger partial charge in [-0.15, -0.1) is 10.2 Å². The lowest BCUT2D eigenvalue weighted by Crippen LogP contribution is -2.31. The van der Waals surface area contributed by atoms with E-state index in [0.29, 0.717) is 11.4 Å². The molecule has 0 fully saturated rings. The fraction of sp³-hybridized carbons (Fsp3) is 0.261. The molecule has 154 valence electrons. The van der Waals surface area contributed by atoms with Crippen LogP contribution in [0.1, 0.15) is 16.7 Å². The van der Waals surface area contributed by atoms with E-state index in [-0.39, 0.29) is 11.7 Å². The predicted octanol–water partition coefficient (Wildman–Crippen LogP) is 4.09. The van der Waals surface area contributed by atoms with E-state index in [1.54, 1.807) is 7.11 Å². The minimum Gasteiger partial charge on any atom is -0.495 e. The molecule has 4 rings (SSSR count). The second kappa shape index (κ2) is 9.17. The summed E-state index contributed by atoms with van der Waals surface area (Å²) in [4.78, 5) is 14.6. The molecule has 7 heteroatoms. The number of rotatable bonds is 6. The molecule has 0 bridgehead atoms. The molecule has 2 heterocycles. The average Bonchev–Trinajstić information content (AvgIpc) is 2.78. The van der Waals surface area contributed by atoms with Gasteiger partial charge < -0.3 is 15.0 Å². The molecule has 0 saturated carbocycles. The minimum atomic E-state index is -0.109. The van der Waals surface area contributed by atoms with Gasteiger partial charge in [-0.3, -0.25) is 4.79 Å². The Morgan fingerprint density at radius 2 is 1.97 bits per heavy atom. The van der Waals surface area contributed by atoms with Crippen molar-refractivity contribution in [2.24, 2.45) is 0 Å². The molecule has 3 aromatic rings. The molecular weight excluding hydrogens is 396 g/mol. The van der Waals surface area contributed by atoms with Crippen LogP contribution in [-0.2, 0) is 17.8 Å². The van der Waals surface area contributed by atoms with Gasteiger partial charge in [0.05, 0.1) is 18.6 Å². The maximum absolute atomic E-state index is 12.4. The monoisotopic (exact) mass is 420 g/mol. The largest absolute Gasteiger partial charge is 0.495 e. The normalized spacial score (nSPS) is 12.9. The number of aryl methyl sites for hydroxylation is 1. The average molecular weight is 421 g/mol. The Labute approximate surface area is 180 Å². The first-order chi connectivity index (χ1) is 14.6. The number of anilines is 2. The third-order valence-corrected chi connectivity index (χ3v) is 5.98. The zero-order valence-corrected chi connectivity index (χ0v) is 17.9. The van der Waals surface area contributed by atoms with Crippen LogP contribution in [0.25, 0.3) is 0 Å². The molecule has 0 aliphatic carbocycles. The molecule has 1 N–H and O–H groups in total. The number of nitrogens with zero attached hydrogens (tertiary/aromatic N) is 3. The van der Waals surface area contributed by atoms with Gasteiger partial charge in [0.25, 0.3) is 0 Å². The summed E-state index contributed by atoms with van der Waals surface area (Å²) in [6.07, 6.45) is 1.01. The van der Waals surface area contributed by atoms with Crippen molar-refractivity contribution in [3.05, 3.63) is 71.3 Å². The topological polar surface area (TPSA) is 67.3 Å². The van der Waals surface area contributed by atoms with Crippen molar-refractivity contribution in [2.75, 3.05) is 29.6 Å². The number of hydrogen-bond acceptors (Lipinski definition) is 6. The standard InChI is InChI=1S/C23H24N4O2S/c1-16-7-8-20(29-2)19(13-16)24-22(28)15-30-23-10-9-21(25-26-23)27-12-11-17-5-3-4-6-18(17)14-27/h3-10,13H,11-12,14-15H2,1-2H3,(H,24,28). The lowest BCUT2D eigenvalue weighted by molar-refractivity contribution is -0.113. The Hall–Kier alpha value is -3.06. The van der Waals surface area contributed by atoms with Crippen molar-refractivity contribution < 1.29 is 9.53 Å². The number of carbonyl (C=O) groups is 1. The number of hydrogen-bond donors (Lipinski definition) is 1. The van der Waals surface area contributed by atoms with Crippen LogP contribution in [0.3, 0.4) is 0 Å². The highest BCUT2D eigenvalue weighted by Gasteiger charge is 2.17. The van der Waals surface area contributed by atoms with Crippen molar-refractivity contribution in [1.29, 1.82) is 0 Å². The molecule has 0 atom stereocenters. The molecule has 0 radical (unpaired) electrons. The van der Waals surface area contributed by atoms with Gasteiger partial charge in [-0.25, -0.2) is 0 Å². The number of carbonyl (C=O) groups excluding carboxylic acids is 1. The summed E-state index contributed by atoms with van der Waals surface area (Å²) in [6.45, 7) is 3.75. The summed E-state index contributed by atoms with van der Waals surface area (Å²) in [5.41, 5.74) is 4.48. The summed E-state index contributed by atoms with van der Waals surface area (Å²) >= 11 is 1.36. The molecular formula is C23H24N4O2S. The summed E-state index contributed by atoms with van der Waals surface area (Å²) in [6, 6.07) is 18.1. The van der Waals surface area contributed by atoms with Crippen molar-refractivity contribution in [3.8, 4) is 5.75 Å². The summed E-state index contributed by atoms with van der Waals surface area (Å²) < 4.78 is 5.31. The molecule has 1 aromatic heterocycles. The van der Waals surface area contributed by atoms with Gasteiger partial charge in [0.15, 0.2) is 5.82 Å². The fourth-order valence-electron chi connectivity index (χ4n) is 3.50. The van der Waals surface area contributed by atoms with Gasteiger partial charge in [0.1, 0.15) is 10.8 Å². The van der Waals surface area contributed by atoms with E-state index in [9.17, 15) is 4.79 Å². The lowest BCUT2D eigenvalue weighted by Gasteiger charge is -2.29. The fourth-order valence-corrected chi connectivity index (χ4v) is 4.11. The van der Waals surface area contributed by atoms with Crippen LogP contribution in [0.2, 0.25) is 0 Å². The van der Waals surface area contributed by atoms with Gasteiger partial charge >= 0.3 is 0 Å². The number of benzene rings is 2. The SMILES string of the molecule is COc1ccc(C)cc1NC(=O)CSc1ccc(N2CCc3ccccc3C2)nn1. The first-order valence-electron chi connectivity index (χ1n) is 9.85. The predicted molar refractivity (Wildman–Crippen MR) is 120 cm³/mol. The van der Waals surface area contributed by atoms with E-state index >= 15 is 0 Å². The van der Waals surface area contributed by atoms with Crippen molar-refractivity contribution in [3.63, 3.8) is 0 Å². The highest BCUT2D eigenvalue weighted by molar-refractivity contribution is 7.99. The first-order valence-corrected chi connectivity index (χ1v) is 10.8. The third kappa shape index (κ3) is 4.74. The van der Waals surface area contributed by atoms with Crippen molar-refractivity contribution >= 4 is 29.2 Å². The van der Waals surface area contributed by atoms with Crippen LogP contribution in [0.15, 0.2) is 59.6 Å². The molecule has 30 heavy (non-hydrogen) atoms. The lowest BCUT2D eigenvalue weighted by atomic mass is 10.00. The Kier molecular flexibility index (Phi) is 6.18. The molecule has 1 aliphatic rings. The molecule has 6 nitrogen and oxygen atoms in total. The van der Waals surface area contributed by atoms with Crippen molar-refractivity contribution in [2.45, 2.75) is 24.9 Å². The number of amides is 1. The highest BCUT2D eigenvalue weighted by Crippen LogP contribution is 2.26. The van der Waals surface area contributed by atoms with E-state index in [1.165, 1.54) is 22.9 Å². The zero-order chi connectivity index (χ0) is 20.9. The van der Waals surface area contributed by atoms with E-state index in [2.05, 4.69) is 44.7 Å². The van der Waals surface area contributed by atoms with Crippen LogP contribution in [0, 0.1) is 6.92 Å². The Balaban J connectivity index is 1.33. The highest BCUT2D eigenvalue weighted by atomic mass is 32.2. The number of ether oxygens (including phenoxy) is 1. The molecule has 0 spiro atoms. The molecule has 1 amide bonds. The first kappa shape index (κ1) is 20.2. The number of fused-ring (bicyclic) bond motifs is 1. The maximum Gasteiger partial charge on any atom is 0.234 e. The van der Waals surface area contributed by atoms with Crippen molar-refractivity contribution in [1.82, 2.24) is 10.2 Å². The second-order valence-corrected chi connectivity index (χ2v) is 8.21. The Morgan fingerprint density at radius 1 is 1.13 bits per heavy atom. The van der Waals surface area contributed by atoms with Gasteiger partial charge in [0.2, 0.25) is 5.91 Å². The Bertz CT molecular complexity index is 1040. The quantitative estimate of drug-likeness (QED) is 0.606. The summed E-state index contributed by atoms with van der Waals surface area (Å²) in [7, 11) is 1.59. The van der Waals surface area contributed by atoms with E-state index < -0.39 is 0 Å². The molecule has 0 unspecified atom stereocenters. The van der Waals surface area contributed by atoms with Gasteiger partial charge in [-0.2, -0.15) is 0 Å². The van der Waals surface area contributed by atoms with Gasteiger partial charge in [-0.05, 0) is 54.3 Å². The molecule has 1 aliphatic heterocycles.